The Bertz CT molecular complexity index is 249. The minimum Gasteiger partial charge on any atom is -0.372 e. The molecule has 1 nitrogen and oxygen atoms in total. The Morgan fingerprint density at radius 3 is 2.64 bits per heavy atom. The summed E-state index contributed by atoms with van der Waals surface area (Å²) in [6.07, 6.45) is 7.28. The molecule has 1 aromatic carbocycles. The number of aryl methyl sites for hydroxylation is 1. The van der Waals surface area contributed by atoms with Crippen molar-refractivity contribution >= 4 is 0 Å². The molecule has 1 fully saturated rings. The van der Waals surface area contributed by atoms with Crippen molar-refractivity contribution in [2.75, 3.05) is 6.61 Å². The van der Waals surface area contributed by atoms with Crippen molar-refractivity contribution in [1.82, 2.24) is 0 Å². The molecule has 1 aliphatic rings. The van der Waals surface area contributed by atoms with Gasteiger partial charge < -0.3 is 4.74 Å². The van der Waals surface area contributed by atoms with E-state index in [0.29, 0.717) is 0 Å². The molecule has 14 heavy (non-hydrogen) atoms. The van der Waals surface area contributed by atoms with Crippen LogP contribution in [-0.4, -0.2) is 6.61 Å². The Kier molecular flexibility index (Phi) is 3.58. The van der Waals surface area contributed by atoms with Crippen LogP contribution < -0.4 is 0 Å². The maximum absolute atomic E-state index is 5.51. The number of hydrogen-bond donors (Lipinski definition) is 0. The molecular formula is C13H17O. The van der Waals surface area contributed by atoms with E-state index in [-0.39, 0.29) is 0 Å². The van der Waals surface area contributed by atoms with Crippen molar-refractivity contribution in [2.45, 2.75) is 32.1 Å². The molecule has 0 amide bonds. The molecule has 1 saturated heterocycles. The normalized spacial score (nSPS) is 17.4. The van der Waals surface area contributed by atoms with Crippen LogP contribution in [-0.2, 0) is 11.2 Å². The Labute approximate surface area is 86.1 Å². The van der Waals surface area contributed by atoms with Gasteiger partial charge in [-0.2, -0.15) is 0 Å². The summed E-state index contributed by atoms with van der Waals surface area (Å²) in [4.78, 5) is 0. The van der Waals surface area contributed by atoms with Crippen LogP contribution in [0.25, 0.3) is 0 Å². The number of hydrogen-bond acceptors (Lipinski definition) is 1. The van der Waals surface area contributed by atoms with Gasteiger partial charge in [-0.15, -0.1) is 0 Å². The molecule has 75 valence electrons. The third-order valence-electron chi connectivity index (χ3n) is 2.67. The summed E-state index contributed by atoms with van der Waals surface area (Å²) in [5, 5.41) is 0. The quantitative estimate of drug-likeness (QED) is 0.705. The fourth-order valence-corrected chi connectivity index (χ4v) is 1.89. The van der Waals surface area contributed by atoms with Gasteiger partial charge in [-0.1, -0.05) is 30.3 Å². The van der Waals surface area contributed by atoms with Crippen LogP contribution in [0.2, 0.25) is 0 Å². The topological polar surface area (TPSA) is 9.23 Å². The van der Waals surface area contributed by atoms with Crippen LogP contribution >= 0.6 is 0 Å². The summed E-state index contributed by atoms with van der Waals surface area (Å²) in [7, 11) is 0. The predicted molar refractivity (Wildman–Crippen MR) is 57.8 cm³/mol. The molecule has 1 aliphatic heterocycles. The molecule has 0 unspecified atom stereocenters. The second-order valence-electron chi connectivity index (χ2n) is 3.83. The van der Waals surface area contributed by atoms with E-state index in [1.165, 1.54) is 37.4 Å². The summed E-state index contributed by atoms with van der Waals surface area (Å²) in [6.45, 7) is 0.945. The summed E-state index contributed by atoms with van der Waals surface area (Å²) in [5.74, 6) is 0. The maximum Gasteiger partial charge on any atom is 0.0971 e. The van der Waals surface area contributed by atoms with Crippen molar-refractivity contribution in [2.24, 2.45) is 0 Å². The summed E-state index contributed by atoms with van der Waals surface area (Å²) >= 11 is 0. The second kappa shape index (κ2) is 5.16. The lowest BCUT2D eigenvalue weighted by Crippen LogP contribution is -1.95. The minimum absolute atomic E-state index is 0.945. The van der Waals surface area contributed by atoms with Crippen molar-refractivity contribution in [3.8, 4) is 0 Å². The molecule has 0 saturated carbocycles. The fourth-order valence-electron chi connectivity index (χ4n) is 1.89. The van der Waals surface area contributed by atoms with Gasteiger partial charge in [0.1, 0.15) is 0 Å². The van der Waals surface area contributed by atoms with Gasteiger partial charge >= 0.3 is 0 Å². The lowest BCUT2D eigenvalue weighted by molar-refractivity contribution is 0.187. The highest BCUT2D eigenvalue weighted by atomic mass is 16.5. The van der Waals surface area contributed by atoms with Gasteiger partial charge in [-0.05, 0) is 37.7 Å². The first kappa shape index (κ1) is 9.72. The summed E-state index contributed by atoms with van der Waals surface area (Å²) in [6, 6.07) is 10.7. The summed E-state index contributed by atoms with van der Waals surface area (Å²) in [5.41, 5.74) is 1.44. The second-order valence-corrected chi connectivity index (χ2v) is 3.83. The van der Waals surface area contributed by atoms with E-state index in [2.05, 4.69) is 30.3 Å². The van der Waals surface area contributed by atoms with E-state index in [9.17, 15) is 0 Å². The summed E-state index contributed by atoms with van der Waals surface area (Å²) < 4.78 is 5.51. The van der Waals surface area contributed by atoms with E-state index in [4.69, 9.17) is 4.74 Å². The van der Waals surface area contributed by atoms with Crippen molar-refractivity contribution in [1.29, 1.82) is 0 Å². The largest absolute Gasteiger partial charge is 0.372 e. The first-order valence-electron chi connectivity index (χ1n) is 5.46. The molecule has 0 bridgehead atoms. The number of rotatable bonds is 4. The Hall–Kier alpha value is -0.820. The lowest BCUT2D eigenvalue weighted by atomic mass is 10.0. The van der Waals surface area contributed by atoms with E-state index in [1.807, 2.05) is 0 Å². The maximum atomic E-state index is 5.51. The van der Waals surface area contributed by atoms with Gasteiger partial charge in [0, 0.05) is 6.61 Å². The van der Waals surface area contributed by atoms with E-state index in [0.717, 1.165) is 13.0 Å². The predicted octanol–water partition coefficient (Wildman–Crippen LogP) is 3.35. The van der Waals surface area contributed by atoms with Gasteiger partial charge in [0.05, 0.1) is 6.10 Å². The molecule has 0 aliphatic carbocycles. The van der Waals surface area contributed by atoms with E-state index < -0.39 is 0 Å². The average molecular weight is 189 g/mol. The van der Waals surface area contributed by atoms with Crippen LogP contribution in [0, 0.1) is 6.10 Å². The third-order valence-corrected chi connectivity index (χ3v) is 2.67. The zero-order valence-electron chi connectivity index (χ0n) is 8.54. The van der Waals surface area contributed by atoms with Crippen LogP contribution in [0.15, 0.2) is 30.3 Å². The van der Waals surface area contributed by atoms with E-state index in [1.54, 1.807) is 0 Å². The van der Waals surface area contributed by atoms with Crippen LogP contribution in [0.4, 0.5) is 0 Å². The molecule has 0 aromatic heterocycles. The Morgan fingerprint density at radius 1 is 1.07 bits per heavy atom. The van der Waals surface area contributed by atoms with Gasteiger partial charge in [-0.3, -0.25) is 0 Å². The highest BCUT2D eigenvalue weighted by molar-refractivity contribution is 5.14. The van der Waals surface area contributed by atoms with Crippen LogP contribution in [0.5, 0.6) is 0 Å². The average Bonchev–Trinajstić information content (AvgIpc) is 2.72. The molecule has 2 rings (SSSR count). The Balaban J connectivity index is 1.67. The SMILES string of the molecule is c1ccc(CCC[C]2CCCO2)cc1. The molecular weight excluding hydrogens is 172 g/mol. The first-order valence-corrected chi connectivity index (χ1v) is 5.46. The van der Waals surface area contributed by atoms with Gasteiger partial charge in [0.15, 0.2) is 0 Å². The zero-order chi connectivity index (χ0) is 9.64. The lowest BCUT2D eigenvalue weighted by Gasteiger charge is -2.07. The highest BCUT2D eigenvalue weighted by Crippen LogP contribution is 2.24. The molecule has 0 spiro atoms. The minimum atomic E-state index is 0.945. The fraction of sp³-hybridized carbons (Fsp3) is 0.462. The molecule has 1 radical (unpaired) electrons. The molecule has 1 aromatic rings. The van der Waals surface area contributed by atoms with E-state index >= 15 is 0 Å². The van der Waals surface area contributed by atoms with Gasteiger partial charge in [-0.25, -0.2) is 0 Å². The number of benzene rings is 1. The molecule has 1 heteroatoms. The third kappa shape index (κ3) is 2.85. The standard InChI is InChI=1S/C13H17O/c1-2-6-12(7-3-1)8-4-9-13-10-5-11-14-13/h1-3,6-7H,4-5,8-11H2. The monoisotopic (exact) mass is 189 g/mol. The van der Waals surface area contributed by atoms with Crippen molar-refractivity contribution < 1.29 is 4.74 Å². The van der Waals surface area contributed by atoms with Gasteiger partial charge in [0.2, 0.25) is 0 Å². The smallest absolute Gasteiger partial charge is 0.0971 e. The van der Waals surface area contributed by atoms with Crippen LogP contribution in [0.1, 0.15) is 31.2 Å². The van der Waals surface area contributed by atoms with Crippen molar-refractivity contribution in [3.05, 3.63) is 42.0 Å². The van der Waals surface area contributed by atoms with Gasteiger partial charge in [0.25, 0.3) is 0 Å². The number of ether oxygens (including phenoxy) is 1. The highest BCUT2D eigenvalue weighted by Gasteiger charge is 2.15. The molecule has 0 atom stereocenters. The van der Waals surface area contributed by atoms with Crippen LogP contribution in [0.3, 0.4) is 0 Å². The Morgan fingerprint density at radius 2 is 1.93 bits per heavy atom. The molecule has 1 heterocycles. The first-order chi connectivity index (χ1) is 6.95. The zero-order valence-corrected chi connectivity index (χ0v) is 8.54. The molecule has 0 N–H and O–H groups in total. The van der Waals surface area contributed by atoms with Crippen molar-refractivity contribution in [3.63, 3.8) is 0 Å².